The van der Waals surface area contributed by atoms with Crippen molar-refractivity contribution in [1.29, 1.82) is 0 Å². The molecule has 1 aromatic rings. The van der Waals surface area contributed by atoms with E-state index in [0.29, 0.717) is 6.42 Å². The van der Waals surface area contributed by atoms with Gasteiger partial charge >= 0.3 is 0 Å². The Bertz CT molecular complexity index is 454. The Hall–Kier alpha value is -0.880. The first-order valence-corrected chi connectivity index (χ1v) is 8.24. The molecule has 0 aliphatic heterocycles. The van der Waals surface area contributed by atoms with Crippen molar-refractivity contribution in [1.82, 2.24) is 15.1 Å². The van der Waals surface area contributed by atoms with Gasteiger partial charge in [-0.2, -0.15) is 5.10 Å². The average molecular weight is 273 g/mol. The number of rotatable bonds is 8. The van der Waals surface area contributed by atoms with Crippen molar-refractivity contribution in [3.63, 3.8) is 0 Å². The third kappa shape index (κ3) is 4.42. The van der Waals surface area contributed by atoms with Crippen molar-refractivity contribution < 1.29 is 8.42 Å². The molecule has 0 saturated heterocycles. The maximum Gasteiger partial charge on any atom is 0.150 e. The zero-order valence-corrected chi connectivity index (χ0v) is 12.2. The summed E-state index contributed by atoms with van der Waals surface area (Å²) in [6.45, 7) is 4.60. The van der Waals surface area contributed by atoms with Gasteiger partial charge in [0.1, 0.15) is 9.84 Å². The molecule has 104 valence electrons. The van der Waals surface area contributed by atoms with Gasteiger partial charge in [-0.3, -0.25) is 4.68 Å². The summed E-state index contributed by atoms with van der Waals surface area (Å²) in [5.41, 5.74) is 1.10. The van der Waals surface area contributed by atoms with Gasteiger partial charge in [0.05, 0.1) is 11.4 Å². The van der Waals surface area contributed by atoms with Crippen LogP contribution < -0.4 is 5.32 Å². The first-order valence-electron chi connectivity index (χ1n) is 6.42. The molecule has 1 rings (SSSR count). The zero-order chi connectivity index (χ0) is 13.6. The average Bonchev–Trinajstić information content (AvgIpc) is 2.74. The van der Waals surface area contributed by atoms with E-state index in [0.717, 1.165) is 18.7 Å². The van der Waals surface area contributed by atoms with Crippen LogP contribution in [0.25, 0.3) is 0 Å². The monoisotopic (exact) mass is 273 g/mol. The lowest BCUT2D eigenvalue weighted by Crippen LogP contribution is -2.24. The lowest BCUT2D eigenvalue weighted by atomic mass is 10.1. The normalized spacial score (nSPS) is 13.7. The summed E-state index contributed by atoms with van der Waals surface area (Å²) in [6, 6.07) is 2.15. The van der Waals surface area contributed by atoms with E-state index in [-0.39, 0.29) is 17.5 Å². The van der Waals surface area contributed by atoms with Gasteiger partial charge in [-0.15, -0.1) is 0 Å². The maximum atomic E-state index is 11.5. The van der Waals surface area contributed by atoms with Crippen molar-refractivity contribution in [3.05, 3.63) is 18.0 Å². The summed E-state index contributed by atoms with van der Waals surface area (Å²) >= 11 is 0. The molecule has 0 fully saturated rings. The first kappa shape index (κ1) is 15.2. The fourth-order valence-electron chi connectivity index (χ4n) is 1.98. The number of hydrogen-bond acceptors (Lipinski definition) is 4. The molecule has 5 nitrogen and oxygen atoms in total. The van der Waals surface area contributed by atoms with Gasteiger partial charge in [-0.25, -0.2) is 8.42 Å². The van der Waals surface area contributed by atoms with Crippen LogP contribution in [0.2, 0.25) is 0 Å². The van der Waals surface area contributed by atoms with Crippen LogP contribution in [0.4, 0.5) is 0 Å². The molecule has 1 heterocycles. The lowest BCUT2D eigenvalue weighted by Gasteiger charge is -2.18. The third-order valence-corrected chi connectivity index (χ3v) is 4.84. The van der Waals surface area contributed by atoms with E-state index in [1.807, 2.05) is 24.7 Å². The van der Waals surface area contributed by atoms with Crippen molar-refractivity contribution in [2.75, 3.05) is 18.1 Å². The minimum atomic E-state index is -2.86. The van der Waals surface area contributed by atoms with E-state index in [9.17, 15) is 8.42 Å². The number of nitrogens with zero attached hydrogens (tertiary/aromatic N) is 2. The Labute approximate surface area is 109 Å². The quantitative estimate of drug-likeness (QED) is 0.775. The Balaban J connectivity index is 2.57. The van der Waals surface area contributed by atoms with Crippen LogP contribution in [0.3, 0.4) is 0 Å². The summed E-state index contributed by atoms with van der Waals surface area (Å²) in [5, 5.41) is 7.53. The molecule has 6 heteroatoms. The van der Waals surface area contributed by atoms with Crippen molar-refractivity contribution in [2.45, 2.75) is 32.7 Å². The minimum Gasteiger partial charge on any atom is -0.309 e. The van der Waals surface area contributed by atoms with Gasteiger partial charge in [-0.1, -0.05) is 13.8 Å². The molecule has 0 bridgehead atoms. The molecule has 0 spiro atoms. The van der Waals surface area contributed by atoms with Gasteiger partial charge < -0.3 is 5.32 Å². The Morgan fingerprint density at radius 2 is 2.17 bits per heavy atom. The number of hydrogen-bond donors (Lipinski definition) is 1. The van der Waals surface area contributed by atoms with E-state index < -0.39 is 9.84 Å². The summed E-state index contributed by atoms with van der Waals surface area (Å²) in [4.78, 5) is 0. The molecule has 0 amide bonds. The van der Waals surface area contributed by atoms with Gasteiger partial charge in [0, 0.05) is 25.0 Å². The van der Waals surface area contributed by atoms with Crippen LogP contribution >= 0.6 is 0 Å². The van der Waals surface area contributed by atoms with Gasteiger partial charge in [0.25, 0.3) is 0 Å². The molecule has 1 N–H and O–H groups in total. The number of aryl methyl sites for hydroxylation is 1. The number of nitrogens with one attached hydrogen (secondary N) is 1. The van der Waals surface area contributed by atoms with Gasteiger partial charge in [0.2, 0.25) is 0 Å². The molecule has 0 aliphatic carbocycles. The molecule has 18 heavy (non-hydrogen) atoms. The molecule has 0 saturated carbocycles. The van der Waals surface area contributed by atoms with Crippen LogP contribution in [0, 0.1) is 0 Å². The third-order valence-electron chi connectivity index (χ3n) is 3.05. The lowest BCUT2D eigenvalue weighted by molar-refractivity contribution is 0.474. The molecule has 1 atom stereocenters. The fourth-order valence-corrected chi connectivity index (χ4v) is 2.87. The number of aromatic nitrogens is 2. The predicted octanol–water partition coefficient (Wildman–Crippen LogP) is 1.29. The van der Waals surface area contributed by atoms with E-state index >= 15 is 0 Å². The van der Waals surface area contributed by atoms with Crippen LogP contribution in [0.1, 0.15) is 38.4 Å². The summed E-state index contributed by atoms with van der Waals surface area (Å²) < 4.78 is 24.7. The molecular formula is C12H23N3O2S. The molecule has 0 aromatic carbocycles. The van der Waals surface area contributed by atoms with Crippen LogP contribution in [-0.2, 0) is 16.9 Å². The fraction of sp³-hybridized carbons (Fsp3) is 0.750. The molecule has 1 unspecified atom stereocenters. The maximum absolute atomic E-state index is 11.5. The second-order valence-corrected chi connectivity index (χ2v) is 6.84. The predicted molar refractivity (Wildman–Crippen MR) is 73.2 cm³/mol. The topological polar surface area (TPSA) is 64.0 Å². The minimum absolute atomic E-state index is 0.176. The van der Waals surface area contributed by atoms with E-state index in [1.54, 1.807) is 13.1 Å². The van der Waals surface area contributed by atoms with Crippen LogP contribution in [-0.4, -0.2) is 36.2 Å². The zero-order valence-electron chi connectivity index (χ0n) is 11.4. The Morgan fingerprint density at radius 1 is 1.44 bits per heavy atom. The highest BCUT2D eigenvalue weighted by Crippen LogP contribution is 2.18. The second kappa shape index (κ2) is 6.89. The van der Waals surface area contributed by atoms with Crippen molar-refractivity contribution in [2.24, 2.45) is 7.05 Å². The van der Waals surface area contributed by atoms with Crippen molar-refractivity contribution >= 4 is 9.84 Å². The largest absolute Gasteiger partial charge is 0.309 e. The van der Waals surface area contributed by atoms with Crippen LogP contribution in [0.15, 0.2) is 12.3 Å². The van der Waals surface area contributed by atoms with E-state index in [1.165, 1.54) is 0 Å². The van der Waals surface area contributed by atoms with Crippen molar-refractivity contribution in [3.8, 4) is 0 Å². The highest BCUT2D eigenvalue weighted by Gasteiger charge is 2.15. The highest BCUT2D eigenvalue weighted by atomic mass is 32.2. The van der Waals surface area contributed by atoms with Gasteiger partial charge in [0.15, 0.2) is 0 Å². The molecular weight excluding hydrogens is 250 g/mol. The van der Waals surface area contributed by atoms with E-state index in [2.05, 4.69) is 10.4 Å². The number of sulfone groups is 1. The first-order chi connectivity index (χ1) is 8.50. The second-order valence-electron chi connectivity index (χ2n) is 4.37. The summed E-state index contributed by atoms with van der Waals surface area (Å²) in [7, 11) is -0.954. The summed E-state index contributed by atoms with van der Waals surface area (Å²) in [5.74, 6) is 0.494. The molecule has 0 aliphatic rings. The standard InChI is InChI=1S/C12H23N3O2S/c1-4-13-11(12-8-9-14-15(12)3)7-6-10-18(16,17)5-2/h8-9,11,13H,4-7,10H2,1-3H3. The Kier molecular flexibility index (Phi) is 5.81. The smallest absolute Gasteiger partial charge is 0.150 e. The van der Waals surface area contributed by atoms with E-state index in [4.69, 9.17) is 0 Å². The summed E-state index contributed by atoms with van der Waals surface area (Å²) in [6.07, 6.45) is 3.26. The Morgan fingerprint density at radius 3 is 2.67 bits per heavy atom. The highest BCUT2D eigenvalue weighted by molar-refractivity contribution is 7.91. The van der Waals surface area contributed by atoms with Gasteiger partial charge in [-0.05, 0) is 25.5 Å². The van der Waals surface area contributed by atoms with Crippen LogP contribution in [0.5, 0.6) is 0 Å². The molecule has 0 radical (unpaired) electrons. The molecule has 1 aromatic heterocycles. The SMILES string of the molecule is CCNC(CCCS(=O)(=O)CC)c1ccnn1C.